The predicted molar refractivity (Wildman–Crippen MR) is 78.2 cm³/mol. The fraction of sp³-hybridized carbons (Fsp3) is 0.231. The molecule has 0 aliphatic rings. The van der Waals surface area contributed by atoms with Gasteiger partial charge in [0, 0.05) is 28.6 Å². The molecule has 1 nitrogen and oxygen atoms in total. The lowest BCUT2D eigenvalue weighted by Crippen LogP contribution is -2.15. The first kappa shape index (κ1) is 13.9. The quantitative estimate of drug-likeness (QED) is 0.626. The molecule has 1 aromatic heterocycles. The number of rotatable bonds is 6. The molecule has 0 radical (unpaired) electrons. The van der Waals surface area contributed by atoms with E-state index in [1.54, 1.807) is 23.5 Å². The van der Waals surface area contributed by atoms with E-state index in [-0.39, 0.29) is 5.82 Å². The summed E-state index contributed by atoms with van der Waals surface area (Å²) in [7, 11) is 0. The Bertz CT molecular complexity index is 501. The lowest BCUT2D eigenvalue weighted by atomic mass is 10.3. The molecule has 0 fully saturated rings. The maximum Gasteiger partial charge on any atom is 0.136 e. The molecule has 0 unspecified atom stereocenters. The van der Waals surface area contributed by atoms with Crippen molar-refractivity contribution in [2.45, 2.75) is 11.4 Å². The summed E-state index contributed by atoms with van der Waals surface area (Å²) in [6.07, 6.45) is 0. The fourth-order valence-corrected chi connectivity index (χ4v) is 3.36. The minimum absolute atomic E-state index is 0.146. The average Bonchev–Trinajstić information content (AvgIpc) is 2.77. The first-order valence-electron chi connectivity index (χ1n) is 5.58. The van der Waals surface area contributed by atoms with E-state index in [0.29, 0.717) is 4.90 Å². The van der Waals surface area contributed by atoms with Crippen molar-refractivity contribution >= 4 is 34.7 Å². The van der Waals surface area contributed by atoms with Crippen LogP contribution in [-0.2, 0) is 6.54 Å². The van der Waals surface area contributed by atoms with Crippen LogP contribution in [0.1, 0.15) is 4.88 Å². The van der Waals surface area contributed by atoms with Gasteiger partial charge in [0.15, 0.2) is 0 Å². The highest BCUT2D eigenvalue weighted by molar-refractivity contribution is 7.99. The van der Waals surface area contributed by atoms with Gasteiger partial charge in [0.25, 0.3) is 0 Å². The normalized spacial score (nSPS) is 10.8. The highest BCUT2D eigenvalue weighted by Crippen LogP contribution is 2.22. The average molecular weight is 302 g/mol. The van der Waals surface area contributed by atoms with Gasteiger partial charge < -0.3 is 5.32 Å². The monoisotopic (exact) mass is 301 g/mol. The highest BCUT2D eigenvalue weighted by atomic mass is 35.5. The van der Waals surface area contributed by atoms with Gasteiger partial charge in [-0.25, -0.2) is 4.39 Å². The Hall–Kier alpha value is -0.550. The molecule has 5 heteroatoms. The van der Waals surface area contributed by atoms with Crippen LogP contribution in [-0.4, -0.2) is 12.3 Å². The van der Waals surface area contributed by atoms with Gasteiger partial charge in [-0.05, 0) is 24.3 Å². The van der Waals surface area contributed by atoms with E-state index in [1.165, 1.54) is 22.7 Å². The summed E-state index contributed by atoms with van der Waals surface area (Å²) in [5.41, 5.74) is 0. The molecule has 96 valence electrons. The topological polar surface area (TPSA) is 12.0 Å². The van der Waals surface area contributed by atoms with Crippen molar-refractivity contribution in [2.24, 2.45) is 0 Å². The van der Waals surface area contributed by atoms with E-state index in [2.05, 4.69) is 5.32 Å². The van der Waals surface area contributed by atoms with Crippen LogP contribution in [0.5, 0.6) is 0 Å². The van der Waals surface area contributed by atoms with Gasteiger partial charge in [0.2, 0.25) is 0 Å². The van der Waals surface area contributed by atoms with Gasteiger partial charge in [-0.1, -0.05) is 23.7 Å². The van der Waals surface area contributed by atoms with Crippen LogP contribution in [0, 0.1) is 5.82 Å². The van der Waals surface area contributed by atoms with Crippen molar-refractivity contribution in [3.8, 4) is 0 Å². The molecule has 1 N–H and O–H groups in total. The second kappa shape index (κ2) is 7.14. The maximum atomic E-state index is 13.3. The number of hydrogen-bond donors (Lipinski definition) is 1. The molecule has 18 heavy (non-hydrogen) atoms. The molecule has 2 aromatic rings. The number of halogens is 2. The Morgan fingerprint density at radius 1 is 1.22 bits per heavy atom. The van der Waals surface area contributed by atoms with Gasteiger partial charge in [-0.2, -0.15) is 0 Å². The molecule has 0 aliphatic heterocycles. The van der Waals surface area contributed by atoms with Gasteiger partial charge in [-0.3, -0.25) is 0 Å². The van der Waals surface area contributed by atoms with Crippen LogP contribution in [0.3, 0.4) is 0 Å². The van der Waals surface area contributed by atoms with Crippen molar-refractivity contribution in [1.82, 2.24) is 5.32 Å². The van der Waals surface area contributed by atoms with E-state index in [1.807, 2.05) is 18.2 Å². The van der Waals surface area contributed by atoms with Crippen LogP contribution < -0.4 is 5.32 Å². The third-order valence-corrected chi connectivity index (χ3v) is 4.58. The van der Waals surface area contributed by atoms with Crippen molar-refractivity contribution in [3.05, 3.63) is 51.4 Å². The van der Waals surface area contributed by atoms with E-state index in [4.69, 9.17) is 11.6 Å². The van der Waals surface area contributed by atoms with E-state index in [9.17, 15) is 4.39 Å². The van der Waals surface area contributed by atoms with E-state index < -0.39 is 0 Å². The Balaban J connectivity index is 1.66. The van der Waals surface area contributed by atoms with Crippen LogP contribution in [0.4, 0.5) is 4.39 Å². The number of thioether (sulfide) groups is 1. The minimum Gasteiger partial charge on any atom is -0.311 e. The lowest BCUT2D eigenvalue weighted by molar-refractivity contribution is 0.602. The third kappa shape index (κ3) is 4.28. The summed E-state index contributed by atoms with van der Waals surface area (Å²) in [5.74, 6) is 0.701. The summed E-state index contributed by atoms with van der Waals surface area (Å²) < 4.78 is 14.1. The van der Waals surface area contributed by atoms with Gasteiger partial charge >= 0.3 is 0 Å². The molecule has 0 spiro atoms. The standard InChI is InChI=1S/C13H13ClFNS2/c14-13-6-5-10(18-13)9-16-7-8-17-12-4-2-1-3-11(12)15/h1-6,16H,7-9H2. The summed E-state index contributed by atoms with van der Waals surface area (Å²) in [6.45, 7) is 1.66. The first-order valence-corrected chi connectivity index (χ1v) is 7.76. The molecule has 2 rings (SSSR count). The molecule has 1 aromatic carbocycles. The van der Waals surface area contributed by atoms with Crippen LogP contribution >= 0.6 is 34.7 Å². The van der Waals surface area contributed by atoms with E-state index >= 15 is 0 Å². The molecule has 0 amide bonds. The Morgan fingerprint density at radius 3 is 2.78 bits per heavy atom. The van der Waals surface area contributed by atoms with Crippen molar-refractivity contribution in [1.29, 1.82) is 0 Å². The van der Waals surface area contributed by atoms with Gasteiger partial charge in [0.1, 0.15) is 5.82 Å². The molecule has 0 aliphatic carbocycles. The smallest absolute Gasteiger partial charge is 0.136 e. The summed E-state index contributed by atoms with van der Waals surface area (Å²) in [5, 5.41) is 3.31. The molecule has 0 bridgehead atoms. The highest BCUT2D eigenvalue weighted by Gasteiger charge is 2.01. The van der Waals surface area contributed by atoms with Crippen LogP contribution in [0.15, 0.2) is 41.3 Å². The Labute approximate surface area is 119 Å². The first-order chi connectivity index (χ1) is 8.75. The second-order valence-electron chi connectivity index (χ2n) is 3.66. The molecule has 0 atom stereocenters. The molecule has 0 saturated carbocycles. The van der Waals surface area contributed by atoms with Gasteiger partial charge in [0.05, 0.1) is 4.34 Å². The fourth-order valence-electron chi connectivity index (χ4n) is 1.45. The van der Waals surface area contributed by atoms with E-state index in [0.717, 1.165) is 23.2 Å². The number of benzene rings is 1. The number of thiophene rings is 1. The number of hydrogen-bond acceptors (Lipinski definition) is 3. The number of nitrogens with one attached hydrogen (secondary N) is 1. The Morgan fingerprint density at radius 2 is 2.06 bits per heavy atom. The van der Waals surface area contributed by atoms with Gasteiger partial charge in [-0.15, -0.1) is 23.1 Å². The SMILES string of the molecule is Fc1ccccc1SCCNCc1ccc(Cl)s1. The minimum atomic E-state index is -0.146. The molecule has 1 heterocycles. The summed E-state index contributed by atoms with van der Waals surface area (Å²) >= 11 is 8.95. The zero-order valence-corrected chi connectivity index (χ0v) is 12.0. The zero-order valence-electron chi connectivity index (χ0n) is 9.66. The van der Waals surface area contributed by atoms with Crippen molar-refractivity contribution in [3.63, 3.8) is 0 Å². The lowest BCUT2D eigenvalue weighted by Gasteiger charge is -2.04. The summed E-state index contributed by atoms with van der Waals surface area (Å²) in [4.78, 5) is 1.93. The summed E-state index contributed by atoms with van der Waals surface area (Å²) in [6, 6.07) is 10.8. The third-order valence-electron chi connectivity index (χ3n) is 2.30. The Kier molecular flexibility index (Phi) is 5.50. The van der Waals surface area contributed by atoms with Crippen molar-refractivity contribution < 1.29 is 4.39 Å². The van der Waals surface area contributed by atoms with Crippen LogP contribution in [0.25, 0.3) is 0 Å². The molecule has 0 saturated heterocycles. The second-order valence-corrected chi connectivity index (χ2v) is 6.60. The molecular formula is C13H13ClFNS2. The van der Waals surface area contributed by atoms with Crippen molar-refractivity contribution in [2.75, 3.05) is 12.3 Å². The predicted octanol–water partition coefficient (Wildman–Crippen LogP) is 4.42. The zero-order chi connectivity index (χ0) is 12.8. The molecular weight excluding hydrogens is 289 g/mol. The van der Waals surface area contributed by atoms with Crippen LogP contribution in [0.2, 0.25) is 4.34 Å². The largest absolute Gasteiger partial charge is 0.311 e. The maximum absolute atomic E-state index is 13.3.